The summed E-state index contributed by atoms with van der Waals surface area (Å²) in [6.45, 7) is 0. The lowest BCUT2D eigenvalue weighted by molar-refractivity contribution is -0.138. The van der Waals surface area contributed by atoms with Crippen LogP contribution < -0.4 is 9.47 Å². The molecule has 1 fully saturated rings. The van der Waals surface area contributed by atoms with Crippen LogP contribution >= 0.6 is 11.3 Å². The Morgan fingerprint density at radius 1 is 1.27 bits per heavy atom. The first kappa shape index (κ1) is 14.8. The summed E-state index contributed by atoms with van der Waals surface area (Å²) in [5, 5.41) is 9.17. The number of carboxylic acids is 1. The second kappa shape index (κ2) is 5.24. The van der Waals surface area contributed by atoms with Gasteiger partial charge in [0.15, 0.2) is 23.1 Å². The van der Waals surface area contributed by atoms with Gasteiger partial charge in [-0.25, -0.2) is 4.39 Å². The van der Waals surface area contributed by atoms with E-state index < -0.39 is 23.6 Å². The van der Waals surface area contributed by atoms with Crippen molar-refractivity contribution in [2.45, 2.75) is 6.42 Å². The summed E-state index contributed by atoms with van der Waals surface area (Å²) in [7, 11) is 2.75. The quantitative estimate of drug-likeness (QED) is 0.856. The average Bonchev–Trinajstić information content (AvgIpc) is 3.19. The summed E-state index contributed by atoms with van der Waals surface area (Å²) < 4.78 is 25.1. The molecule has 2 atom stereocenters. The zero-order valence-corrected chi connectivity index (χ0v) is 12.7. The lowest BCUT2D eigenvalue weighted by Crippen LogP contribution is -2.06. The number of ketones is 1. The predicted molar refractivity (Wildman–Crippen MR) is 78.5 cm³/mol. The number of hydrogen-bond donors (Lipinski definition) is 1. The van der Waals surface area contributed by atoms with Gasteiger partial charge in [-0.15, -0.1) is 11.3 Å². The molecule has 1 N–H and O–H groups in total. The Bertz CT molecular complexity index is 782. The standard InChI is InChI=1S/C15H13FO5S/c1-20-9-5-10-8(12(16)14(9)21-2)4-11(22-10)13(17)6-3-7(6)15(18)19/h4-7H,3H2,1-2H3,(H,18,19)/t6-,7+/m0/s1. The topological polar surface area (TPSA) is 72.8 Å². The number of fused-ring (bicyclic) bond motifs is 1. The summed E-state index contributed by atoms with van der Waals surface area (Å²) in [6.07, 6.45) is 0.345. The van der Waals surface area contributed by atoms with E-state index in [4.69, 9.17) is 14.6 Å². The molecule has 0 radical (unpaired) electrons. The molecule has 0 aliphatic heterocycles. The summed E-state index contributed by atoms with van der Waals surface area (Å²) >= 11 is 1.13. The highest BCUT2D eigenvalue weighted by Gasteiger charge is 2.48. The number of aliphatic carboxylic acids is 1. The number of rotatable bonds is 5. The zero-order valence-electron chi connectivity index (χ0n) is 11.9. The van der Waals surface area contributed by atoms with Gasteiger partial charge in [-0.3, -0.25) is 9.59 Å². The van der Waals surface area contributed by atoms with Gasteiger partial charge in [-0.05, 0) is 12.5 Å². The molecule has 1 aromatic carbocycles. The predicted octanol–water partition coefficient (Wildman–Crippen LogP) is 2.96. The van der Waals surface area contributed by atoms with Crippen LogP contribution in [-0.2, 0) is 4.79 Å². The number of carboxylic acid groups (broad SMARTS) is 1. The van der Waals surface area contributed by atoms with Gasteiger partial charge in [-0.2, -0.15) is 0 Å². The van der Waals surface area contributed by atoms with Gasteiger partial charge >= 0.3 is 5.97 Å². The van der Waals surface area contributed by atoms with Gasteiger partial charge in [0, 0.05) is 22.1 Å². The maximum absolute atomic E-state index is 14.4. The van der Waals surface area contributed by atoms with Crippen molar-refractivity contribution in [1.29, 1.82) is 0 Å². The summed E-state index contributed by atoms with van der Waals surface area (Å²) in [5.41, 5.74) is 0. The number of hydrogen-bond acceptors (Lipinski definition) is 5. The number of carbonyl (C=O) groups excluding carboxylic acids is 1. The Balaban J connectivity index is 2.02. The summed E-state index contributed by atoms with van der Waals surface area (Å²) in [5.74, 6) is -2.67. The zero-order chi connectivity index (χ0) is 16.0. The van der Waals surface area contributed by atoms with Crippen LogP contribution in [0.15, 0.2) is 12.1 Å². The first-order chi connectivity index (χ1) is 10.5. The Hall–Kier alpha value is -2.15. The monoisotopic (exact) mass is 324 g/mol. The van der Waals surface area contributed by atoms with E-state index in [2.05, 4.69) is 0 Å². The van der Waals surface area contributed by atoms with Crippen molar-refractivity contribution in [2.75, 3.05) is 14.2 Å². The Morgan fingerprint density at radius 2 is 2.00 bits per heavy atom. The maximum atomic E-state index is 14.4. The van der Waals surface area contributed by atoms with Gasteiger partial charge in [-0.1, -0.05) is 0 Å². The molecule has 22 heavy (non-hydrogen) atoms. The third kappa shape index (κ3) is 2.21. The minimum atomic E-state index is -0.964. The van der Waals surface area contributed by atoms with E-state index in [9.17, 15) is 14.0 Å². The smallest absolute Gasteiger partial charge is 0.307 e. The molecule has 7 heteroatoms. The fourth-order valence-electron chi connectivity index (χ4n) is 2.50. The third-order valence-corrected chi connectivity index (χ3v) is 4.89. The third-order valence-electron chi connectivity index (χ3n) is 3.79. The number of Topliss-reactive ketones (excluding diaryl/α,β-unsaturated/α-hetero) is 1. The number of benzene rings is 1. The maximum Gasteiger partial charge on any atom is 0.307 e. The molecule has 1 heterocycles. The lowest BCUT2D eigenvalue weighted by atomic mass is 10.1. The average molecular weight is 324 g/mol. The summed E-state index contributed by atoms with van der Waals surface area (Å²) in [4.78, 5) is 23.5. The van der Waals surface area contributed by atoms with Crippen LogP contribution in [0.25, 0.3) is 10.1 Å². The number of thiophene rings is 1. The number of methoxy groups -OCH3 is 2. The fourth-order valence-corrected chi connectivity index (χ4v) is 3.59. The van der Waals surface area contributed by atoms with Crippen LogP contribution in [0.4, 0.5) is 4.39 Å². The van der Waals surface area contributed by atoms with Crippen LogP contribution in [-0.4, -0.2) is 31.1 Å². The van der Waals surface area contributed by atoms with Crippen molar-refractivity contribution >= 4 is 33.2 Å². The van der Waals surface area contributed by atoms with Crippen LogP contribution in [0.2, 0.25) is 0 Å². The van der Waals surface area contributed by atoms with E-state index >= 15 is 0 Å². The Morgan fingerprint density at radius 3 is 2.55 bits per heavy atom. The first-order valence-corrected chi connectivity index (χ1v) is 7.40. The normalized spacial score (nSPS) is 20.0. The van der Waals surface area contributed by atoms with E-state index in [0.29, 0.717) is 16.0 Å². The molecule has 3 rings (SSSR count). The molecule has 1 aliphatic carbocycles. The second-order valence-electron chi connectivity index (χ2n) is 5.10. The highest BCUT2D eigenvalue weighted by Crippen LogP contribution is 2.45. The largest absolute Gasteiger partial charge is 0.493 e. The number of ether oxygens (including phenoxy) is 2. The van der Waals surface area contributed by atoms with Crippen LogP contribution in [0.3, 0.4) is 0 Å². The van der Waals surface area contributed by atoms with E-state index in [0.717, 1.165) is 11.3 Å². The van der Waals surface area contributed by atoms with Gasteiger partial charge in [0.2, 0.25) is 0 Å². The molecule has 2 aromatic rings. The highest BCUT2D eigenvalue weighted by atomic mass is 32.1. The van der Waals surface area contributed by atoms with Crippen molar-refractivity contribution in [3.8, 4) is 11.5 Å². The van der Waals surface area contributed by atoms with Crippen molar-refractivity contribution < 1.29 is 28.6 Å². The van der Waals surface area contributed by atoms with Gasteiger partial charge in [0.25, 0.3) is 0 Å². The molecule has 116 valence electrons. The minimum Gasteiger partial charge on any atom is -0.493 e. The van der Waals surface area contributed by atoms with Crippen molar-refractivity contribution in [3.05, 3.63) is 22.8 Å². The van der Waals surface area contributed by atoms with E-state index in [1.54, 1.807) is 6.07 Å². The van der Waals surface area contributed by atoms with E-state index in [-0.39, 0.29) is 22.7 Å². The number of halogens is 1. The van der Waals surface area contributed by atoms with Gasteiger partial charge in [0.1, 0.15) is 0 Å². The molecule has 0 saturated heterocycles. The van der Waals surface area contributed by atoms with Crippen molar-refractivity contribution in [1.82, 2.24) is 0 Å². The van der Waals surface area contributed by atoms with E-state index in [1.807, 2.05) is 0 Å². The van der Waals surface area contributed by atoms with Crippen LogP contribution in [0.5, 0.6) is 11.5 Å². The highest BCUT2D eigenvalue weighted by molar-refractivity contribution is 7.20. The molecular formula is C15H13FO5S. The van der Waals surface area contributed by atoms with E-state index in [1.165, 1.54) is 20.3 Å². The SMILES string of the molecule is COc1cc2sc(C(=O)[C@H]3C[C@H]3C(=O)O)cc2c(F)c1OC. The van der Waals surface area contributed by atoms with Crippen molar-refractivity contribution in [2.24, 2.45) is 11.8 Å². The molecule has 0 unspecified atom stereocenters. The molecule has 1 saturated carbocycles. The Kier molecular flexibility index (Phi) is 3.52. The number of carbonyl (C=O) groups is 2. The fraction of sp³-hybridized carbons (Fsp3) is 0.333. The molecule has 0 bridgehead atoms. The first-order valence-electron chi connectivity index (χ1n) is 6.59. The molecular weight excluding hydrogens is 311 g/mol. The molecule has 1 aromatic heterocycles. The van der Waals surface area contributed by atoms with Crippen LogP contribution in [0.1, 0.15) is 16.1 Å². The lowest BCUT2D eigenvalue weighted by Gasteiger charge is -2.08. The summed E-state index contributed by atoms with van der Waals surface area (Å²) in [6, 6.07) is 3.07. The van der Waals surface area contributed by atoms with Crippen LogP contribution in [0, 0.1) is 17.7 Å². The molecule has 1 aliphatic rings. The molecule has 0 spiro atoms. The Labute approximate surface area is 129 Å². The second-order valence-corrected chi connectivity index (χ2v) is 6.18. The molecule has 5 nitrogen and oxygen atoms in total. The van der Waals surface area contributed by atoms with Crippen molar-refractivity contribution in [3.63, 3.8) is 0 Å². The van der Waals surface area contributed by atoms with Gasteiger partial charge < -0.3 is 14.6 Å². The molecule has 0 amide bonds. The van der Waals surface area contributed by atoms with Gasteiger partial charge in [0.05, 0.1) is 25.0 Å². The minimum absolute atomic E-state index is 0.0124.